The van der Waals surface area contributed by atoms with Gasteiger partial charge in [-0.3, -0.25) is 0 Å². The van der Waals surface area contributed by atoms with Gasteiger partial charge in [-0.2, -0.15) is 0 Å². The molecule has 0 amide bonds. The minimum atomic E-state index is -1.24. The van der Waals surface area contributed by atoms with Crippen LogP contribution in [0.1, 0.15) is 20.8 Å². The van der Waals surface area contributed by atoms with Crippen molar-refractivity contribution in [3.63, 3.8) is 0 Å². The molecule has 0 bridgehead atoms. The highest BCUT2D eigenvalue weighted by molar-refractivity contribution is 5.89. The first kappa shape index (κ1) is 19.6. The van der Waals surface area contributed by atoms with E-state index in [0.717, 1.165) is 6.08 Å². The van der Waals surface area contributed by atoms with E-state index in [4.69, 9.17) is 15.3 Å². The number of aliphatic hydroxyl groups is 3. The molecule has 0 saturated heterocycles. The maximum Gasteiger partial charge on any atom is 0.338 e. The summed E-state index contributed by atoms with van der Waals surface area (Å²) < 4.78 is 4.45. The lowest BCUT2D eigenvalue weighted by molar-refractivity contribution is -0.160. The third-order valence-electron chi connectivity index (χ3n) is 1.56. The summed E-state index contributed by atoms with van der Waals surface area (Å²) in [6.45, 7) is 7.05. The lowest BCUT2D eigenvalue weighted by Crippen LogP contribution is -2.22. The number of ether oxygens (including phenoxy) is 1. The van der Waals surface area contributed by atoms with E-state index in [9.17, 15) is 14.7 Å². The molecule has 7 nitrogen and oxygen atoms in total. The lowest BCUT2D eigenvalue weighted by atomic mass is 10.1. The first-order valence-corrected chi connectivity index (χ1v) is 5.44. The number of carbonyl (C=O) groups excluding carboxylic acids is 1. The Kier molecular flexibility index (Phi) is 10.6. The summed E-state index contributed by atoms with van der Waals surface area (Å²) in [7, 11) is 0. The zero-order chi connectivity index (χ0) is 15.6. The van der Waals surface area contributed by atoms with Gasteiger partial charge < -0.3 is 25.2 Å². The Morgan fingerprint density at radius 2 is 1.58 bits per heavy atom. The fourth-order valence-electron chi connectivity index (χ4n) is 0.861. The Bertz CT molecular complexity index is 329. The molecule has 3 unspecified atom stereocenters. The third kappa shape index (κ3) is 12.5. The van der Waals surface area contributed by atoms with Crippen molar-refractivity contribution >= 4 is 11.9 Å². The third-order valence-corrected chi connectivity index (χ3v) is 1.56. The molecule has 0 spiro atoms. The molecule has 7 heteroatoms. The average molecular weight is 276 g/mol. The highest BCUT2D eigenvalue weighted by atomic mass is 16.6. The number of hydrogen-bond donors (Lipinski definition) is 4. The fraction of sp³-hybridized carbons (Fsp3) is 0.500. The van der Waals surface area contributed by atoms with Crippen molar-refractivity contribution in [1.82, 2.24) is 0 Å². The highest BCUT2D eigenvalue weighted by Gasteiger charge is 2.18. The van der Waals surface area contributed by atoms with E-state index in [1.807, 2.05) is 0 Å². The van der Waals surface area contributed by atoms with Crippen molar-refractivity contribution in [3.8, 4) is 0 Å². The Labute approximate surface area is 111 Å². The molecule has 19 heavy (non-hydrogen) atoms. The number of aliphatic carboxylic acids is 1. The predicted molar refractivity (Wildman–Crippen MR) is 67.1 cm³/mol. The minimum absolute atomic E-state index is 0.0686. The van der Waals surface area contributed by atoms with E-state index in [2.05, 4.69) is 11.3 Å². The van der Waals surface area contributed by atoms with E-state index in [-0.39, 0.29) is 5.57 Å². The zero-order valence-corrected chi connectivity index (χ0v) is 11.1. The summed E-state index contributed by atoms with van der Waals surface area (Å²) in [5.41, 5.74) is -0.0686. The van der Waals surface area contributed by atoms with Crippen molar-refractivity contribution in [1.29, 1.82) is 0 Å². The molecule has 4 N–H and O–H groups in total. The van der Waals surface area contributed by atoms with Gasteiger partial charge in [0.05, 0.1) is 17.8 Å². The van der Waals surface area contributed by atoms with Crippen LogP contribution in [0.15, 0.2) is 24.3 Å². The summed E-state index contributed by atoms with van der Waals surface area (Å²) >= 11 is 0. The molecule has 0 aromatic rings. The standard InChI is InChI=1S/C9H16O5.C3H4O2/c1-5(10)4-8(6(2)11)9(13)14-7(3)12;1-2-3(4)5/h4-7,10-12H,1-3H3;2H,1H2,(H,4,5). The van der Waals surface area contributed by atoms with Crippen LogP contribution in [0.2, 0.25) is 0 Å². The summed E-state index contributed by atoms with van der Waals surface area (Å²) in [5.74, 6) is -1.82. The molecule has 0 saturated carbocycles. The van der Waals surface area contributed by atoms with Crippen LogP contribution >= 0.6 is 0 Å². The van der Waals surface area contributed by atoms with E-state index in [0.29, 0.717) is 0 Å². The van der Waals surface area contributed by atoms with Crippen molar-refractivity contribution < 1.29 is 34.8 Å². The number of carboxylic acid groups (broad SMARTS) is 1. The quantitative estimate of drug-likeness (QED) is 0.312. The molecule has 0 fully saturated rings. The van der Waals surface area contributed by atoms with Gasteiger partial charge in [-0.25, -0.2) is 9.59 Å². The molecule has 0 aliphatic carbocycles. The summed E-state index contributed by atoms with van der Waals surface area (Å²) in [6.07, 6.45) is -1.13. The molecule has 0 aromatic heterocycles. The number of hydrogen-bond acceptors (Lipinski definition) is 6. The van der Waals surface area contributed by atoms with Crippen LogP contribution in [0.25, 0.3) is 0 Å². The molecular formula is C12H20O7. The van der Waals surface area contributed by atoms with Crippen molar-refractivity contribution in [2.45, 2.75) is 39.3 Å². The van der Waals surface area contributed by atoms with Crippen LogP contribution in [-0.4, -0.2) is 50.9 Å². The maximum atomic E-state index is 11.2. The van der Waals surface area contributed by atoms with Gasteiger partial charge in [-0.1, -0.05) is 6.58 Å². The van der Waals surface area contributed by atoms with E-state index in [1.54, 1.807) is 0 Å². The molecule has 110 valence electrons. The molecular weight excluding hydrogens is 256 g/mol. The van der Waals surface area contributed by atoms with Gasteiger partial charge in [-0.05, 0) is 26.8 Å². The molecule has 0 aliphatic heterocycles. The number of esters is 1. The van der Waals surface area contributed by atoms with Gasteiger partial charge >= 0.3 is 11.9 Å². The molecule has 0 aliphatic rings. The molecule has 0 radical (unpaired) electrons. The molecule has 0 heterocycles. The predicted octanol–water partition coefficient (Wildman–Crippen LogP) is -0.187. The SMILES string of the molecule is C=CC(=O)O.CC(O)C=C(C(=O)OC(C)O)C(C)O. The number of aliphatic hydroxyl groups excluding tert-OH is 3. The van der Waals surface area contributed by atoms with Crippen LogP contribution in [0.5, 0.6) is 0 Å². The van der Waals surface area contributed by atoms with E-state index in [1.165, 1.54) is 26.8 Å². The summed E-state index contributed by atoms with van der Waals surface area (Å²) in [6, 6.07) is 0. The van der Waals surface area contributed by atoms with Crippen molar-refractivity contribution in [2.24, 2.45) is 0 Å². The van der Waals surface area contributed by atoms with Gasteiger partial charge in [0.1, 0.15) is 0 Å². The zero-order valence-electron chi connectivity index (χ0n) is 11.1. The van der Waals surface area contributed by atoms with E-state index < -0.39 is 30.4 Å². The van der Waals surface area contributed by atoms with Gasteiger partial charge in [0.25, 0.3) is 0 Å². The first-order chi connectivity index (χ1) is 8.61. The van der Waals surface area contributed by atoms with Crippen LogP contribution in [-0.2, 0) is 14.3 Å². The second-order valence-corrected chi connectivity index (χ2v) is 3.59. The second-order valence-electron chi connectivity index (χ2n) is 3.59. The van der Waals surface area contributed by atoms with Gasteiger partial charge in [0.15, 0.2) is 6.29 Å². The van der Waals surface area contributed by atoms with Crippen LogP contribution in [0.4, 0.5) is 0 Å². The smallest absolute Gasteiger partial charge is 0.338 e. The number of rotatable bonds is 5. The molecule has 0 rings (SSSR count). The molecule has 3 atom stereocenters. The van der Waals surface area contributed by atoms with E-state index >= 15 is 0 Å². The summed E-state index contributed by atoms with van der Waals surface area (Å²) in [5, 5.41) is 34.6. The van der Waals surface area contributed by atoms with Gasteiger partial charge in [0, 0.05) is 6.08 Å². The number of carboxylic acids is 1. The average Bonchev–Trinajstić information content (AvgIpc) is 2.24. The second kappa shape index (κ2) is 10.2. The highest BCUT2D eigenvalue weighted by Crippen LogP contribution is 2.07. The van der Waals surface area contributed by atoms with Crippen molar-refractivity contribution in [2.75, 3.05) is 0 Å². The van der Waals surface area contributed by atoms with Crippen LogP contribution < -0.4 is 0 Å². The maximum absolute atomic E-state index is 11.2. The van der Waals surface area contributed by atoms with Crippen molar-refractivity contribution in [3.05, 3.63) is 24.3 Å². The van der Waals surface area contributed by atoms with Gasteiger partial charge in [-0.15, -0.1) is 0 Å². The number of carbonyl (C=O) groups is 2. The monoisotopic (exact) mass is 276 g/mol. The summed E-state index contributed by atoms with van der Waals surface area (Å²) in [4.78, 5) is 20.5. The minimum Gasteiger partial charge on any atom is -0.478 e. The largest absolute Gasteiger partial charge is 0.478 e. The first-order valence-electron chi connectivity index (χ1n) is 5.44. The molecule has 0 aromatic carbocycles. The Morgan fingerprint density at radius 1 is 1.16 bits per heavy atom. The van der Waals surface area contributed by atoms with Gasteiger partial charge in [0.2, 0.25) is 0 Å². The Morgan fingerprint density at radius 3 is 1.79 bits per heavy atom. The van der Waals surface area contributed by atoms with Crippen LogP contribution in [0.3, 0.4) is 0 Å². The normalized spacial score (nSPS) is 15.4. The fourth-order valence-corrected chi connectivity index (χ4v) is 0.861. The topological polar surface area (TPSA) is 124 Å². The Balaban J connectivity index is 0. The van der Waals surface area contributed by atoms with Crippen LogP contribution in [0, 0.1) is 0 Å². The Hall–Kier alpha value is -1.70. The lowest BCUT2D eigenvalue weighted by Gasteiger charge is -2.12.